The number of ether oxygens (including phenoxy) is 2. The van der Waals surface area contributed by atoms with Gasteiger partial charge in [-0.15, -0.1) is 0 Å². The van der Waals surface area contributed by atoms with E-state index in [2.05, 4.69) is 31.9 Å². The standard InChI is InChI=1S/C32H32BrClFN3O5/c1-31(2,3)15-24-32(19-11-10-17(33)14-22(19)37-30(32)41)25(18-7-6-8-20(34)26(18)35)27(38-24)28(39)36-21-12-9-16(29(40)43-5)13-23(21)42-4/h6-14,24-25,27,38H,15H2,1-5H3,(H,36,39)(H,37,41)/t24-,25-,27+,32+/m0/s1. The number of benzene rings is 3. The molecule has 3 N–H and O–H groups in total. The van der Waals surface area contributed by atoms with Gasteiger partial charge in [0.05, 0.1) is 36.5 Å². The van der Waals surface area contributed by atoms with E-state index in [0.29, 0.717) is 23.4 Å². The lowest BCUT2D eigenvalue weighted by Crippen LogP contribution is -2.49. The van der Waals surface area contributed by atoms with Gasteiger partial charge in [0, 0.05) is 22.1 Å². The van der Waals surface area contributed by atoms with E-state index in [4.69, 9.17) is 21.1 Å². The maximum absolute atomic E-state index is 16.0. The number of fused-ring (bicyclic) bond motifs is 2. The molecule has 2 amide bonds. The van der Waals surface area contributed by atoms with Crippen LogP contribution in [0.25, 0.3) is 0 Å². The fraction of sp³-hybridized carbons (Fsp3) is 0.344. The summed E-state index contributed by atoms with van der Waals surface area (Å²) in [5.41, 5.74) is 0.325. The molecule has 2 aliphatic heterocycles. The van der Waals surface area contributed by atoms with Crippen molar-refractivity contribution in [1.29, 1.82) is 0 Å². The van der Waals surface area contributed by atoms with Crippen molar-refractivity contribution >= 4 is 56.7 Å². The van der Waals surface area contributed by atoms with Crippen molar-refractivity contribution in [3.05, 3.63) is 86.6 Å². The van der Waals surface area contributed by atoms with Crippen molar-refractivity contribution in [2.75, 3.05) is 24.9 Å². The van der Waals surface area contributed by atoms with Crippen LogP contribution in [0.15, 0.2) is 59.1 Å². The van der Waals surface area contributed by atoms with Crippen molar-refractivity contribution in [3.8, 4) is 5.75 Å². The Hall–Kier alpha value is -3.47. The van der Waals surface area contributed by atoms with Crippen molar-refractivity contribution in [2.24, 2.45) is 5.41 Å². The van der Waals surface area contributed by atoms with Crippen molar-refractivity contribution < 1.29 is 28.2 Å². The summed E-state index contributed by atoms with van der Waals surface area (Å²) in [6.45, 7) is 6.15. The third kappa shape index (κ3) is 5.41. The van der Waals surface area contributed by atoms with E-state index in [0.717, 1.165) is 4.47 Å². The minimum atomic E-state index is -1.35. The maximum Gasteiger partial charge on any atom is 0.337 e. The van der Waals surface area contributed by atoms with Gasteiger partial charge < -0.3 is 25.4 Å². The highest BCUT2D eigenvalue weighted by Gasteiger charge is 2.66. The Morgan fingerprint density at radius 2 is 1.86 bits per heavy atom. The number of carbonyl (C=O) groups excluding carboxylic acids is 3. The Balaban J connectivity index is 1.68. The SMILES string of the molecule is COC(=O)c1ccc(NC(=O)[C@@H]2N[C@@H](CC(C)(C)C)[C@@]3(C(=O)Nc4cc(Br)ccc43)[C@H]2c2cccc(Cl)c2F)c(OC)c1. The Morgan fingerprint density at radius 3 is 2.53 bits per heavy atom. The van der Waals surface area contributed by atoms with E-state index >= 15 is 4.39 Å². The molecular formula is C32H32BrClFN3O5. The molecule has 1 saturated heterocycles. The molecule has 0 saturated carbocycles. The first-order chi connectivity index (χ1) is 20.3. The lowest BCUT2D eigenvalue weighted by Gasteiger charge is -2.37. The smallest absolute Gasteiger partial charge is 0.337 e. The van der Waals surface area contributed by atoms with Crippen molar-refractivity contribution in [1.82, 2.24) is 5.32 Å². The summed E-state index contributed by atoms with van der Waals surface area (Å²) < 4.78 is 27.0. The van der Waals surface area contributed by atoms with Gasteiger partial charge in [0.15, 0.2) is 0 Å². The normalized spacial score (nSPS) is 22.7. The summed E-state index contributed by atoms with van der Waals surface area (Å²) in [5, 5.41) is 9.23. The van der Waals surface area contributed by atoms with Gasteiger partial charge in [-0.25, -0.2) is 9.18 Å². The number of nitrogens with one attached hydrogen (secondary N) is 3. The Morgan fingerprint density at radius 1 is 1.12 bits per heavy atom. The third-order valence-electron chi connectivity index (χ3n) is 8.10. The zero-order valence-corrected chi connectivity index (χ0v) is 26.7. The molecule has 3 aromatic rings. The Labute approximate surface area is 262 Å². The molecule has 3 aromatic carbocycles. The highest BCUT2D eigenvalue weighted by molar-refractivity contribution is 9.10. The van der Waals surface area contributed by atoms with Gasteiger partial charge in [0.25, 0.3) is 0 Å². The van der Waals surface area contributed by atoms with Crippen LogP contribution in [0.4, 0.5) is 15.8 Å². The maximum atomic E-state index is 16.0. The highest BCUT2D eigenvalue weighted by Crippen LogP contribution is 2.57. The zero-order chi connectivity index (χ0) is 31.3. The summed E-state index contributed by atoms with van der Waals surface area (Å²) in [6, 6.07) is 13.0. The van der Waals surface area contributed by atoms with Crippen LogP contribution in [-0.2, 0) is 19.7 Å². The number of carbonyl (C=O) groups is 3. The largest absolute Gasteiger partial charge is 0.495 e. The van der Waals surface area contributed by atoms with E-state index in [1.807, 2.05) is 39.0 Å². The molecule has 2 aliphatic rings. The third-order valence-corrected chi connectivity index (χ3v) is 8.89. The Bertz CT molecular complexity index is 1630. The topological polar surface area (TPSA) is 106 Å². The molecule has 8 nitrogen and oxygen atoms in total. The number of methoxy groups -OCH3 is 2. The van der Waals surface area contributed by atoms with Gasteiger partial charge in [-0.2, -0.15) is 0 Å². The number of amides is 2. The monoisotopic (exact) mass is 671 g/mol. The molecule has 11 heteroatoms. The molecule has 2 heterocycles. The first-order valence-electron chi connectivity index (χ1n) is 13.7. The van der Waals surface area contributed by atoms with Gasteiger partial charge >= 0.3 is 5.97 Å². The summed E-state index contributed by atoms with van der Waals surface area (Å²) in [7, 11) is 2.68. The number of hydrogen-bond donors (Lipinski definition) is 3. The molecule has 43 heavy (non-hydrogen) atoms. The Kier molecular flexibility index (Phi) is 8.32. The summed E-state index contributed by atoms with van der Waals surface area (Å²) in [6.07, 6.45) is 0.496. The molecular weight excluding hydrogens is 641 g/mol. The lowest BCUT2D eigenvalue weighted by atomic mass is 9.62. The fourth-order valence-corrected chi connectivity index (χ4v) is 6.95. The first kappa shape index (κ1) is 31.0. The predicted molar refractivity (Wildman–Crippen MR) is 166 cm³/mol. The highest BCUT2D eigenvalue weighted by atomic mass is 79.9. The minimum Gasteiger partial charge on any atom is -0.495 e. The van der Waals surface area contributed by atoms with Gasteiger partial charge in [-0.3, -0.25) is 9.59 Å². The molecule has 0 unspecified atom stereocenters. The number of halogens is 3. The molecule has 0 bridgehead atoms. The van der Waals surface area contributed by atoms with Crippen LogP contribution >= 0.6 is 27.5 Å². The second kappa shape index (κ2) is 11.6. The zero-order valence-electron chi connectivity index (χ0n) is 24.3. The predicted octanol–water partition coefficient (Wildman–Crippen LogP) is 6.43. The van der Waals surface area contributed by atoms with Gasteiger partial charge in [0.2, 0.25) is 11.8 Å². The molecule has 0 radical (unpaired) electrons. The van der Waals surface area contributed by atoms with E-state index in [-0.39, 0.29) is 33.2 Å². The fourth-order valence-electron chi connectivity index (χ4n) is 6.40. The van der Waals surface area contributed by atoms with Crippen LogP contribution in [0.1, 0.15) is 54.6 Å². The molecule has 1 fully saturated rings. The van der Waals surface area contributed by atoms with Gasteiger partial charge in [0.1, 0.15) is 17.0 Å². The van der Waals surface area contributed by atoms with E-state index in [1.165, 1.54) is 38.5 Å². The van der Waals surface area contributed by atoms with Crippen LogP contribution in [-0.4, -0.2) is 44.1 Å². The molecule has 0 aromatic heterocycles. The van der Waals surface area contributed by atoms with Crippen LogP contribution in [0.2, 0.25) is 5.02 Å². The van der Waals surface area contributed by atoms with Crippen LogP contribution in [0.3, 0.4) is 0 Å². The summed E-state index contributed by atoms with van der Waals surface area (Å²) in [4.78, 5) is 40.6. The molecule has 4 atom stereocenters. The average Bonchev–Trinajstić information content (AvgIpc) is 3.43. The van der Waals surface area contributed by atoms with E-state index < -0.39 is 41.1 Å². The van der Waals surface area contributed by atoms with Crippen molar-refractivity contribution in [3.63, 3.8) is 0 Å². The number of anilines is 2. The second-order valence-corrected chi connectivity index (χ2v) is 13.3. The van der Waals surface area contributed by atoms with Crippen LogP contribution in [0.5, 0.6) is 5.75 Å². The number of esters is 1. The molecule has 5 rings (SSSR count). The number of hydrogen-bond acceptors (Lipinski definition) is 6. The quantitative estimate of drug-likeness (QED) is 0.261. The first-order valence-corrected chi connectivity index (χ1v) is 14.9. The van der Waals surface area contributed by atoms with E-state index in [1.54, 1.807) is 12.1 Å². The minimum absolute atomic E-state index is 0.111. The van der Waals surface area contributed by atoms with Crippen LogP contribution in [0, 0.1) is 11.2 Å². The lowest BCUT2D eigenvalue weighted by molar-refractivity contribution is -0.122. The number of rotatable bonds is 6. The molecule has 1 spiro atoms. The molecule has 226 valence electrons. The molecule has 0 aliphatic carbocycles. The van der Waals surface area contributed by atoms with Crippen LogP contribution < -0.4 is 20.7 Å². The van der Waals surface area contributed by atoms with Gasteiger partial charge in [-0.05, 0) is 59.4 Å². The summed E-state index contributed by atoms with van der Waals surface area (Å²) >= 11 is 9.76. The summed E-state index contributed by atoms with van der Waals surface area (Å²) in [5.74, 6) is -2.85. The van der Waals surface area contributed by atoms with Gasteiger partial charge in [-0.1, -0.05) is 66.5 Å². The van der Waals surface area contributed by atoms with Crippen molar-refractivity contribution in [2.45, 2.75) is 50.6 Å². The second-order valence-electron chi connectivity index (χ2n) is 12.0. The van der Waals surface area contributed by atoms with E-state index in [9.17, 15) is 14.4 Å². The average molecular weight is 673 g/mol.